The van der Waals surface area contributed by atoms with Gasteiger partial charge in [0.15, 0.2) is 28.0 Å². The molecule has 53 heavy (non-hydrogen) atoms. The molecule has 0 bridgehead atoms. The predicted octanol–water partition coefficient (Wildman–Crippen LogP) is 1.65. The smallest absolute Gasteiger partial charge is 0.352 e. The van der Waals surface area contributed by atoms with Crippen LogP contribution in [-0.4, -0.2) is 116 Å². The van der Waals surface area contributed by atoms with Gasteiger partial charge in [-0.1, -0.05) is 28.1 Å². The van der Waals surface area contributed by atoms with Crippen LogP contribution in [0.2, 0.25) is 4.34 Å². The number of aromatic hydroxyl groups is 2. The van der Waals surface area contributed by atoms with Crippen LogP contribution < -0.4 is 16.5 Å². The summed E-state index contributed by atoms with van der Waals surface area (Å²) in [5.74, 6) is -4.99. The van der Waals surface area contributed by atoms with Crippen LogP contribution >= 0.6 is 34.7 Å². The molecule has 5 heterocycles. The largest absolute Gasteiger partial charge is 0.504 e. The first-order valence-electron chi connectivity index (χ1n) is 16.4. The third kappa shape index (κ3) is 6.98. The second kappa shape index (κ2) is 14.1. The van der Waals surface area contributed by atoms with Gasteiger partial charge in [-0.05, 0) is 26.8 Å². The summed E-state index contributed by atoms with van der Waals surface area (Å²) in [7, 11) is 0. The number of thiazole rings is 1. The van der Waals surface area contributed by atoms with Gasteiger partial charge in [-0.3, -0.25) is 24.0 Å². The Balaban J connectivity index is 1.27. The van der Waals surface area contributed by atoms with Crippen LogP contribution in [0.4, 0.5) is 5.13 Å². The van der Waals surface area contributed by atoms with Gasteiger partial charge in [-0.15, -0.1) is 11.8 Å². The van der Waals surface area contributed by atoms with E-state index in [4.69, 9.17) is 22.2 Å². The molecule has 2 atom stereocenters. The standard InChI is InChI=1S/C32H35ClN8O10S2/c1-4-39-17-10-19(43)18(42)9-15(17)24(44)16(37-39)12-41(7-5-6-8-41)11-14-13-52-28-22(27(46)40(28)23(14)29(47)48)35-26(45)21(20-25(33)53-31(34)36-20)38-51-32(2,3)30(49)50/h9-10,22,28H,4-8,11-13H2,1-3H3,(H6-,34,35,36,37,38,42,43,44,45,47,48,49,50)/p+1/t22-,28-/m1/s1. The molecule has 0 saturated carbocycles. The Morgan fingerprint density at radius 1 is 1.15 bits per heavy atom. The van der Waals surface area contributed by atoms with Crippen LogP contribution in [-0.2, 0) is 37.1 Å². The summed E-state index contributed by atoms with van der Waals surface area (Å²) in [6.45, 7) is 6.24. The number of carbonyl (C=O) groups is 4. The van der Waals surface area contributed by atoms with Gasteiger partial charge < -0.3 is 40.8 Å². The van der Waals surface area contributed by atoms with Crippen LogP contribution in [0.1, 0.15) is 45.0 Å². The van der Waals surface area contributed by atoms with Gasteiger partial charge in [0.05, 0.1) is 24.0 Å². The second-order valence-electron chi connectivity index (χ2n) is 13.4. The molecule has 3 aliphatic heterocycles. The number of hydrogen-bond donors (Lipinski definition) is 6. The molecule has 0 aliphatic carbocycles. The van der Waals surface area contributed by atoms with E-state index in [2.05, 4.69) is 20.6 Å². The molecule has 1 aromatic carbocycles. The Morgan fingerprint density at radius 2 is 1.83 bits per heavy atom. The molecule has 2 aromatic heterocycles. The molecule has 0 radical (unpaired) electrons. The molecule has 18 nitrogen and oxygen atoms in total. The molecule has 21 heteroatoms. The number of hydrogen-bond acceptors (Lipinski definition) is 14. The van der Waals surface area contributed by atoms with Crippen molar-refractivity contribution >= 4 is 80.2 Å². The van der Waals surface area contributed by atoms with E-state index in [9.17, 15) is 44.4 Å². The van der Waals surface area contributed by atoms with Crippen LogP contribution in [0.5, 0.6) is 11.5 Å². The Bertz CT molecular complexity index is 2180. The average molecular weight is 792 g/mol. The first-order valence-corrected chi connectivity index (χ1v) is 18.6. The number of fused-ring (bicyclic) bond motifs is 2. The van der Waals surface area contributed by atoms with Crippen molar-refractivity contribution < 1.29 is 48.9 Å². The number of amides is 2. The molecule has 6 rings (SSSR count). The van der Waals surface area contributed by atoms with E-state index in [1.54, 1.807) is 4.68 Å². The van der Waals surface area contributed by atoms with Crippen molar-refractivity contribution in [1.82, 2.24) is 25.0 Å². The highest BCUT2D eigenvalue weighted by atomic mass is 35.5. The number of carboxylic acid groups (broad SMARTS) is 2. The van der Waals surface area contributed by atoms with Crippen LogP contribution in [0.15, 0.2) is 33.4 Å². The number of likely N-dealkylation sites (tertiary alicyclic amines) is 1. The molecule has 3 aromatic rings. The first-order chi connectivity index (χ1) is 25.0. The van der Waals surface area contributed by atoms with E-state index in [0.717, 1.165) is 29.1 Å². The molecule has 7 N–H and O–H groups in total. The first kappa shape index (κ1) is 37.8. The number of aliphatic carboxylic acids is 2. The number of β-lactam (4-membered cyclic amide) rings is 1. The Kier molecular flexibility index (Phi) is 10.1. The number of aryl methyl sites for hydroxylation is 1. The fraction of sp³-hybridized carbons (Fsp3) is 0.438. The number of quaternary nitrogens is 1. The van der Waals surface area contributed by atoms with Gasteiger partial charge in [0.2, 0.25) is 11.0 Å². The lowest BCUT2D eigenvalue weighted by atomic mass is 10.0. The van der Waals surface area contributed by atoms with Crippen molar-refractivity contribution in [3.63, 3.8) is 0 Å². The van der Waals surface area contributed by atoms with E-state index in [1.807, 2.05) is 6.92 Å². The second-order valence-corrected chi connectivity index (χ2v) is 16.1. The Morgan fingerprint density at radius 3 is 2.43 bits per heavy atom. The lowest BCUT2D eigenvalue weighted by Gasteiger charge is -2.50. The number of nitrogens with two attached hydrogens (primary N) is 1. The number of nitrogens with one attached hydrogen (secondary N) is 1. The normalized spacial score (nSPS) is 20.0. The summed E-state index contributed by atoms with van der Waals surface area (Å²) in [4.78, 5) is 75.5. The molecular weight excluding hydrogens is 756 g/mol. The summed E-state index contributed by atoms with van der Waals surface area (Å²) in [6.07, 6.45) is 1.64. The molecule has 0 unspecified atom stereocenters. The molecule has 2 saturated heterocycles. The van der Waals surface area contributed by atoms with Gasteiger partial charge in [0, 0.05) is 36.8 Å². The number of halogens is 1. The Hall–Kier alpha value is -4.92. The number of rotatable bonds is 12. The van der Waals surface area contributed by atoms with Gasteiger partial charge in [0.25, 0.3) is 11.8 Å². The topological polar surface area (TPSA) is 260 Å². The lowest BCUT2D eigenvalue weighted by Crippen LogP contribution is -2.71. The fourth-order valence-corrected chi connectivity index (χ4v) is 8.94. The molecule has 2 fully saturated rings. The summed E-state index contributed by atoms with van der Waals surface area (Å²) in [5.41, 5.74) is 3.63. The van der Waals surface area contributed by atoms with E-state index in [0.29, 0.717) is 35.2 Å². The summed E-state index contributed by atoms with van der Waals surface area (Å²) in [6, 6.07) is 1.32. The van der Waals surface area contributed by atoms with E-state index < -0.39 is 57.7 Å². The minimum atomic E-state index is -1.85. The molecule has 0 spiro atoms. The number of thioether (sulfide) groups is 1. The summed E-state index contributed by atoms with van der Waals surface area (Å²) in [5, 5.41) is 50.3. The quantitative estimate of drug-likeness (QED) is 0.0501. The van der Waals surface area contributed by atoms with E-state index in [1.165, 1.54) is 37.7 Å². The van der Waals surface area contributed by atoms with Gasteiger partial charge in [-0.2, -0.15) is 5.10 Å². The number of oxime groups is 1. The average Bonchev–Trinajstić information content (AvgIpc) is 3.70. The third-order valence-electron chi connectivity index (χ3n) is 9.40. The van der Waals surface area contributed by atoms with Gasteiger partial charge >= 0.3 is 11.9 Å². The number of aromatic nitrogens is 3. The van der Waals surface area contributed by atoms with Crippen molar-refractivity contribution in [2.75, 3.05) is 31.1 Å². The predicted molar refractivity (Wildman–Crippen MR) is 193 cm³/mol. The van der Waals surface area contributed by atoms with Crippen molar-refractivity contribution in [3.05, 3.63) is 49.4 Å². The molecule has 3 aliphatic rings. The number of nitrogen functional groups attached to an aromatic ring is 1. The van der Waals surface area contributed by atoms with Crippen molar-refractivity contribution in [1.29, 1.82) is 0 Å². The maximum Gasteiger partial charge on any atom is 0.352 e. The van der Waals surface area contributed by atoms with E-state index in [-0.39, 0.29) is 56.5 Å². The SMILES string of the molecule is CCn1nc(C[N+]2(CC3=C(C(=O)O)N4C(=O)[C@@H](NC(=O)C(=NOC(C)(C)C(=O)O)c5nc(N)sc5Cl)[C@H]4SC3)CCCC2)c(=O)c2cc(O)c(O)cc21. The maximum atomic E-state index is 13.7. The molecular formula is C32H36ClN8O10S2+. The molecule has 282 valence electrons. The number of carboxylic acids is 2. The number of anilines is 1. The van der Waals surface area contributed by atoms with Crippen LogP contribution in [0.25, 0.3) is 10.9 Å². The summed E-state index contributed by atoms with van der Waals surface area (Å²) < 4.78 is 1.84. The molecule has 2 amide bonds. The van der Waals surface area contributed by atoms with E-state index >= 15 is 0 Å². The zero-order valence-corrected chi connectivity index (χ0v) is 31.0. The highest BCUT2D eigenvalue weighted by Gasteiger charge is 2.55. The zero-order chi connectivity index (χ0) is 38.6. The van der Waals surface area contributed by atoms with Crippen LogP contribution in [0.3, 0.4) is 0 Å². The monoisotopic (exact) mass is 791 g/mol. The fourth-order valence-electron chi connectivity index (χ4n) is 6.68. The van der Waals surface area contributed by atoms with Gasteiger partial charge in [0.1, 0.15) is 40.2 Å². The lowest BCUT2D eigenvalue weighted by molar-refractivity contribution is -0.925. The summed E-state index contributed by atoms with van der Waals surface area (Å²) >= 11 is 8.32. The third-order valence-corrected chi connectivity index (χ3v) is 11.8. The minimum Gasteiger partial charge on any atom is -0.504 e. The number of carbonyl (C=O) groups excluding carboxylic acids is 2. The van der Waals surface area contributed by atoms with Crippen molar-refractivity contribution in [2.45, 2.75) is 63.7 Å². The number of benzene rings is 1. The van der Waals surface area contributed by atoms with Crippen LogP contribution in [0, 0.1) is 0 Å². The number of phenols is 2. The van der Waals surface area contributed by atoms with Crippen molar-refractivity contribution in [3.8, 4) is 11.5 Å². The highest BCUT2D eigenvalue weighted by Crippen LogP contribution is 2.42. The number of nitrogens with zero attached hydrogens (tertiary/aromatic N) is 6. The number of phenolic OH excluding ortho intramolecular Hbond substituents is 2. The maximum absolute atomic E-state index is 13.7. The zero-order valence-electron chi connectivity index (χ0n) is 28.7. The van der Waals surface area contributed by atoms with Crippen molar-refractivity contribution in [2.24, 2.45) is 5.16 Å². The Labute approximate surface area is 314 Å². The minimum absolute atomic E-state index is 0.00838. The van der Waals surface area contributed by atoms with Gasteiger partial charge in [-0.25, -0.2) is 14.6 Å². The highest BCUT2D eigenvalue weighted by molar-refractivity contribution is 8.00.